The van der Waals surface area contributed by atoms with Crippen molar-refractivity contribution in [3.63, 3.8) is 0 Å². The summed E-state index contributed by atoms with van der Waals surface area (Å²) < 4.78 is 0. The Balaban J connectivity index is 1.89. The van der Waals surface area contributed by atoms with Crippen molar-refractivity contribution < 1.29 is 0 Å². The van der Waals surface area contributed by atoms with Crippen LogP contribution >= 0.6 is 11.6 Å². The number of fused-ring (bicyclic) bond motifs is 1. The smallest absolute Gasteiger partial charge is 0.0637 e. The number of aryl methyl sites for hydroxylation is 1. The van der Waals surface area contributed by atoms with Gasteiger partial charge in [-0.25, -0.2) is 0 Å². The van der Waals surface area contributed by atoms with Gasteiger partial charge in [0.05, 0.1) is 10.7 Å². The van der Waals surface area contributed by atoms with Crippen LogP contribution in [0.4, 0.5) is 5.69 Å². The predicted molar refractivity (Wildman–Crippen MR) is 85.3 cm³/mol. The molecule has 1 heterocycles. The highest BCUT2D eigenvalue weighted by Gasteiger charge is 2.03. The average molecular weight is 283 g/mol. The molecule has 100 valence electrons. The Morgan fingerprint density at radius 2 is 1.95 bits per heavy atom. The Bertz CT molecular complexity index is 748. The summed E-state index contributed by atoms with van der Waals surface area (Å²) >= 11 is 6.20. The molecule has 0 aliphatic carbocycles. The fourth-order valence-corrected chi connectivity index (χ4v) is 2.47. The number of hydrogen-bond acceptors (Lipinski definition) is 2. The van der Waals surface area contributed by atoms with Gasteiger partial charge < -0.3 is 5.32 Å². The number of nitrogens with zero attached hydrogens (tertiary/aromatic N) is 1. The molecule has 0 bridgehead atoms. The number of hydrogen-bond donors (Lipinski definition) is 1. The largest absolute Gasteiger partial charge is 0.380 e. The molecule has 0 saturated carbocycles. The summed E-state index contributed by atoms with van der Waals surface area (Å²) in [5.74, 6) is 0. The van der Waals surface area contributed by atoms with Crippen molar-refractivity contribution >= 4 is 28.1 Å². The Morgan fingerprint density at radius 1 is 1.10 bits per heavy atom. The molecule has 1 N–H and O–H groups in total. The summed E-state index contributed by atoms with van der Waals surface area (Å²) in [4.78, 5) is 4.29. The van der Waals surface area contributed by atoms with Crippen molar-refractivity contribution in [2.75, 3.05) is 5.32 Å². The zero-order valence-electron chi connectivity index (χ0n) is 11.2. The van der Waals surface area contributed by atoms with Crippen molar-refractivity contribution in [1.29, 1.82) is 0 Å². The van der Waals surface area contributed by atoms with Gasteiger partial charge in [0.2, 0.25) is 0 Å². The SMILES string of the molecule is Cc1ccc(Cl)c(NCc2cncc3ccccc23)c1. The zero-order chi connectivity index (χ0) is 13.9. The van der Waals surface area contributed by atoms with Gasteiger partial charge >= 0.3 is 0 Å². The van der Waals surface area contributed by atoms with E-state index in [2.05, 4.69) is 35.4 Å². The maximum absolute atomic E-state index is 6.20. The Labute approximate surface area is 123 Å². The lowest BCUT2D eigenvalue weighted by molar-refractivity contribution is 1.13. The van der Waals surface area contributed by atoms with E-state index in [1.54, 1.807) is 0 Å². The van der Waals surface area contributed by atoms with E-state index in [-0.39, 0.29) is 0 Å². The first-order valence-electron chi connectivity index (χ1n) is 6.56. The maximum Gasteiger partial charge on any atom is 0.0637 e. The molecule has 0 amide bonds. The fraction of sp³-hybridized carbons (Fsp3) is 0.118. The number of rotatable bonds is 3. The first-order valence-corrected chi connectivity index (χ1v) is 6.93. The predicted octanol–water partition coefficient (Wildman–Crippen LogP) is 4.81. The van der Waals surface area contributed by atoms with Crippen LogP contribution in [0.15, 0.2) is 54.9 Å². The summed E-state index contributed by atoms with van der Waals surface area (Å²) in [6, 6.07) is 14.2. The van der Waals surface area contributed by atoms with Gasteiger partial charge in [0.15, 0.2) is 0 Å². The van der Waals surface area contributed by atoms with E-state index in [9.17, 15) is 0 Å². The number of benzene rings is 2. The molecule has 0 saturated heterocycles. The molecular formula is C17H15ClN2. The first-order chi connectivity index (χ1) is 9.74. The number of aromatic nitrogens is 1. The first kappa shape index (κ1) is 12.9. The Kier molecular flexibility index (Phi) is 3.57. The topological polar surface area (TPSA) is 24.9 Å². The molecule has 0 unspecified atom stereocenters. The van der Waals surface area contributed by atoms with Crippen LogP contribution in [0.3, 0.4) is 0 Å². The van der Waals surface area contributed by atoms with Crippen LogP contribution in [-0.4, -0.2) is 4.98 Å². The third-order valence-electron chi connectivity index (χ3n) is 3.34. The van der Waals surface area contributed by atoms with Crippen molar-refractivity contribution in [1.82, 2.24) is 4.98 Å². The van der Waals surface area contributed by atoms with Gasteiger partial charge in [0.1, 0.15) is 0 Å². The van der Waals surface area contributed by atoms with E-state index in [0.717, 1.165) is 16.1 Å². The molecule has 0 atom stereocenters. The number of pyridine rings is 1. The molecule has 1 aromatic heterocycles. The Hall–Kier alpha value is -2.06. The number of halogens is 1. The van der Waals surface area contributed by atoms with Crippen molar-refractivity contribution in [3.05, 3.63) is 71.0 Å². The van der Waals surface area contributed by atoms with E-state index in [1.165, 1.54) is 16.5 Å². The molecule has 2 aromatic carbocycles. The summed E-state index contributed by atoms with van der Waals surface area (Å²) in [7, 11) is 0. The van der Waals surface area contributed by atoms with Crippen molar-refractivity contribution in [3.8, 4) is 0 Å². The lowest BCUT2D eigenvalue weighted by Crippen LogP contribution is -2.01. The molecule has 3 rings (SSSR count). The van der Waals surface area contributed by atoms with Crippen LogP contribution in [-0.2, 0) is 6.54 Å². The van der Waals surface area contributed by atoms with Crippen LogP contribution < -0.4 is 5.32 Å². The average Bonchev–Trinajstić information content (AvgIpc) is 2.48. The maximum atomic E-state index is 6.20. The molecule has 0 fully saturated rings. The van der Waals surface area contributed by atoms with Gasteiger partial charge in [-0.15, -0.1) is 0 Å². The van der Waals surface area contributed by atoms with Crippen molar-refractivity contribution in [2.24, 2.45) is 0 Å². The minimum Gasteiger partial charge on any atom is -0.380 e. The van der Waals surface area contributed by atoms with E-state index in [4.69, 9.17) is 11.6 Å². The summed E-state index contributed by atoms with van der Waals surface area (Å²) in [6.45, 7) is 2.76. The molecule has 0 radical (unpaired) electrons. The highest BCUT2D eigenvalue weighted by Crippen LogP contribution is 2.24. The van der Waals surface area contributed by atoms with Crippen LogP contribution in [0.1, 0.15) is 11.1 Å². The molecule has 0 aliphatic rings. The van der Waals surface area contributed by atoms with E-state index < -0.39 is 0 Å². The molecular weight excluding hydrogens is 268 g/mol. The summed E-state index contributed by atoms with van der Waals surface area (Å²) in [5.41, 5.74) is 3.31. The van der Waals surface area contributed by atoms with Gasteiger partial charge in [-0.3, -0.25) is 4.98 Å². The lowest BCUT2D eigenvalue weighted by Gasteiger charge is -2.11. The minimum atomic E-state index is 0.706. The molecule has 3 heteroatoms. The molecule has 3 aromatic rings. The number of nitrogens with one attached hydrogen (secondary N) is 1. The summed E-state index contributed by atoms with van der Waals surface area (Å²) in [6.07, 6.45) is 3.79. The van der Waals surface area contributed by atoms with Crippen LogP contribution in [0.25, 0.3) is 10.8 Å². The second kappa shape index (κ2) is 5.51. The normalized spacial score (nSPS) is 10.7. The minimum absolute atomic E-state index is 0.706. The second-order valence-electron chi connectivity index (χ2n) is 4.86. The second-order valence-corrected chi connectivity index (χ2v) is 5.26. The fourth-order valence-electron chi connectivity index (χ4n) is 2.29. The monoisotopic (exact) mass is 282 g/mol. The van der Waals surface area contributed by atoms with Gasteiger partial charge in [0.25, 0.3) is 0 Å². The highest BCUT2D eigenvalue weighted by molar-refractivity contribution is 6.33. The molecule has 0 aliphatic heterocycles. The third kappa shape index (κ3) is 2.61. The van der Waals surface area contributed by atoms with Crippen molar-refractivity contribution in [2.45, 2.75) is 13.5 Å². The standard InChI is InChI=1S/C17H15ClN2/c1-12-6-7-16(18)17(8-12)20-11-14-10-19-9-13-4-2-3-5-15(13)14/h2-10,20H,11H2,1H3. The Morgan fingerprint density at radius 3 is 2.85 bits per heavy atom. The zero-order valence-corrected chi connectivity index (χ0v) is 12.0. The quantitative estimate of drug-likeness (QED) is 0.746. The third-order valence-corrected chi connectivity index (χ3v) is 3.67. The molecule has 0 spiro atoms. The van der Waals surface area contributed by atoms with Gasteiger partial charge in [-0.1, -0.05) is 41.9 Å². The van der Waals surface area contributed by atoms with E-state index in [1.807, 2.05) is 36.7 Å². The molecule has 2 nitrogen and oxygen atoms in total. The van der Waals surface area contributed by atoms with Crippen LogP contribution in [0.5, 0.6) is 0 Å². The van der Waals surface area contributed by atoms with E-state index >= 15 is 0 Å². The van der Waals surface area contributed by atoms with Gasteiger partial charge in [-0.05, 0) is 35.6 Å². The highest BCUT2D eigenvalue weighted by atomic mass is 35.5. The van der Waals surface area contributed by atoms with E-state index in [0.29, 0.717) is 6.54 Å². The van der Waals surface area contributed by atoms with Gasteiger partial charge in [-0.2, -0.15) is 0 Å². The van der Waals surface area contributed by atoms with Crippen LogP contribution in [0.2, 0.25) is 5.02 Å². The van der Waals surface area contributed by atoms with Gasteiger partial charge in [0, 0.05) is 24.3 Å². The lowest BCUT2D eigenvalue weighted by atomic mass is 10.1. The van der Waals surface area contributed by atoms with Crippen LogP contribution in [0, 0.1) is 6.92 Å². The molecule has 20 heavy (non-hydrogen) atoms. The summed E-state index contributed by atoms with van der Waals surface area (Å²) in [5, 5.41) is 6.51. The number of anilines is 1.